The summed E-state index contributed by atoms with van der Waals surface area (Å²) in [6.07, 6.45) is 1.08. The molecule has 3 aromatic carbocycles. The predicted molar refractivity (Wildman–Crippen MR) is 210 cm³/mol. The van der Waals surface area contributed by atoms with Crippen molar-refractivity contribution in [2.75, 3.05) is 44.5 Å². The summed E-state index contributed by atoms with van der Waals surface area (Å²) < 4.78 is 12.9. The Kier molecular flexibility index (Phi) is 13.5. The Morgan fingerprint density at radius 1 is 0.816 bits per heavy atom. The van der Waals surface area contributed by atoms with Crippen molar-refractivity contribution in [2.45, 2.75) is 104 Å². The van der Waals surface area contributed by atoms with Crippen LogP contribution in [0.1, 0.15) is 85.1 Å². The summed E-state index contributed by atoms with van der Waals surface area (Å²) in [5.41, 5.74) is 11.8. The molecule has 0 unspecified atom stereocenters. The lowest BCUT2D eigenvalue weighted by atomic mass is 9.94. The number of aliphatic hydroxyl groups excluding tert-OH is 1. The lowest BCUT2D eigenvalue weighted by molar-refractivity contribution is 0.129. The van der Waals surface area contributed by atoms with Gasteiger partial charge in [-0.05, 0) is 117 Å². The Morgan fingerprint density at radius 3 is 1.78 bits per heavy atom. The normalized spacial score (nSPS) is 12.8. The molecule has 49 heavy (non-hydrogen) atoms. The molecule has 0 amide bonds. The Labute approximate surface area is 299 Å². The smallest absolute Gasteiger partial charge is 0.274 e. The van der Waals surface area contributed by atoms with Crippen LogP contribution in [0.15, 0.2) is 60.7 Å². The van der Waals surface area contributed by atoms with E-state index in [9.17, 15) is 5.11 Å². The van der Waals surface area contributed by atoms with Crippen LogP contribution < -0.4 is 30.3 Å². The van der Waals surface area contributed by atoms with Gasteiger partial charge in [0.15, 0.2) is 0 Å². The molecular weight excluding hydrogens is 631 g/mol. The van der Waals surface area contributed by atoms with Crippen molar-refractivity contribution in [1.82, 2.24) is 10.3 Å². The van der Waals surface area contributed by atoms with Crippen LogP contribution >= 0.6 is 11.3 Å². The average Bonchev–Trinajstić information content (AvgIpc) is 3.36. The number of fused-ring (bicyclic) bond motifs is 1. The third-order valence-corrected chi connectivity index (χ3v) is 8.59. The van der Waals surface area contributed by atoms with Crippen LogP contribution in [0.4, 0.5) is 11.4 Å². The monoisotopic (exact) mass is 691 g/mol. The molecule has 1 heterocycles. The molecule has 270 valence electrons. The van der Waals surface area contributed by atoms with Gasteiger partial charge in [-0.25, -0.2) is 4.98 Å². The Balaban J connectivity index is 0.000000388. The molecule has 0 bridgehead atoms. The van der Waals surface area contributed by atoms with Crippen LogP contribution in [0.5, 0.6) is 10.9 Å². The Bertz CT molecular complexity index is 1600. The maximum Gasteiger partial charge on any atom is 0.274 e. The van der Waals surface area contributed by atoms with E-state index in [2.05, 4.69) is 82.5 Å². The Morgan fingerprint density at radius 2 is 1.33 bits per heavy atom. The topological polar surface area (TPSA) is 96.1 Å². The third kappa shape index (κ3) is 13.5. The van der Waals surface area contributed by atoms with Crippen LogP contribution in [0.3, 0.4) is 0 Å². The number of rotatable bonds is 13. The summed E-state index contributed by atoms with van der Waals surface area (Å²) in [6.45, 7) is 18.8. The third-order valence-electron chi connectivity index (χ3n) is 7.58. The van der Waals surface area contributed by atoms with Gasteiger partial charge >= 0.3 is 0 Å². The van der Waals surface area contributed by atoms with E-state index in [0.29, 0.717) is 17.5 Å². The maximum absolute atomic E-state index is 11.3. The molecule has 0 aliphatic heterocycles. The number of nitrogens with one attached hydrogen (secondary N) is 1. The fraction of sp³-hybridized carbons (Fsp3) is 0.525. The zero-order chi connectivity index (χ0) is 36.7. The van der Waals surface area contributed by atoms with Crippen LogP contribution in [-0.4, -0.2) is 67.6 Å². The Hall–Kier alpha value is -3.37. The second-order valence-electron chi connectivity index (χ2n) is 16.0. The average molecular weight is 692 g/mol. The SMILES string of the molecule is CC(C)Oc1nc2cc(OC(C)(C)C)cc([C@H](O)CNC(C)(C)Cc3ccc(N(C)C)cc3)c2s1.CN(C)c1ccc(CC(C)(C)N)cc1. The zero-order valence-electron chi connectivity index (χ0n) is 32.1. The van der Waals surface area contributed by atoms with Gasteiger partial charge in [0.1, 0.15) is 11.4 Å². The number of anilines is 2. The summed E-state index contributed by atoms with van der Waals surface area (Å²) in [5.74, 6) is 0.695. The van der Waals surface area contributed by atoms with Gasteiger partial charge in [0.25, 0.3) is 5.19 Å². The van der Waals surface area contributed by atoms with Crippen LogP contribution in [0, 0.1) is 0 Å². The first-order valence-electron chi connectivity index (χ1n) is 17.2. The predicted octanol–water partition coefficient (Wildman–Crippen LogP) is 8.00. The van der Waals surface area contributed by atoms with E-state index in [1.165, 1.54) is 33.8 Å². The van der Waals surface area contributed by atoms with Gasteiger partial charge in [-0.15, -0.1) is 0 Å². The van der Waals surface area contributed by atoms with Crippen molar-refractivity contribution in [3.63, 3.8) is 0 Å². The number of aliphatic hydroxyl groups is 1. The van der Waals surface area contributed by atoms with Gasteiger partial charge in [0.2, 0.25) is 0 Å². The lowest BCUT2D eigenvalue weighted by Crippen LogP contribution is -2.43. The molecule has 4 rings (SSSR count). The summed E-state index contributed by atoms with van der Waals surface area (Å²) >= 11 is 1.47. The standard InChI is InChI=1S/C28H41N3O3S.C12H20N2/c1-18(2)33-26-30-23-15-21(34-27(3,4)5)14-22(25(23)35-26)24(32)17-29-28(6,7)16-19-10-12-20(13-11-19)31(8)9;1-12(2,13)9-10-5-7-11(8-6-10)14(3)4/h10-15,18,24,29,32H,16-17H2,1-9H3;5-8H,9,13H2,1-4H3/t24-;/m1./s1. The van der Waals surface area contributed by atoms with E-state index in [0.717, 1.165) is 28.6 Å². The largest absolute Gasteiger partial charge is 0.488 e. The summed E-state index contributed by atoms with van der Waals surface area (Å²) in [4.78, 5) is 8.84. The molecular formula is C40H61N5O3S. The number of ether oxygens (including phenoxy) is 2. The van der Waals surface area contributed by atoms with Crippen molar-refractivity contribution in [3.8, 4) is 10.9 Å². The molecule has 8 nitrogen and oxygen atoms in total. The van der Waals surface area contributed by atoms with Crippen molar-refractivity contribution in [3.05, 3.63) is 77.4 Å². The fourth-order valence-electron chi connectivity index (χ4n) is 5.33. The highest BCUT2D eigenvalue weighted by molar-refractivity contribution is 7.20. The van der Waals surface area contributed by atoms with E-state index in [-0.39, 0.29) is 22.8 Å². The van der Waals surface area contributed by atoms with Gasteiger partial charge in [0.05, 0.1) is 22.4 Å². The maximum atomic E-state index is 11.3. The summed E-state index contributed by atoms with van der Waals surface area (Å²) in [6, 6.07) is 21.0. The molecule has 0 aliphatic rings. The number of hydrogen-bond donors (Lipinski definition) is 3. The fourth-order valence-corrected chi connectivity index (χ4v) is 6.41. The van der Waals surface area contributed by atoms with Gasteiger partial charge < -0.3 is 35.4 Å². The van der Waals surface area contributed by atoms with Gasteiger partial charge in [-0.3, -0.25) is 0 Å². The molecule has 0 saturated carbocycles. The molecule has 4 N–H and O–H groups in total. The molecule has 0 fully saturated rings. The zero-order valence-corrected chi connectivity index (χ0v) is 33.0. The second kappa shape index (κ2) is 16.6. The molecule has 1 aromatic heterocycles. The van der Waals surface area contributed by atoms with Crippen LogP contribution in [0.2, 0.25) is 0 Å². The number of nitrogens with zero attached hydrogens (tertiary/aromatic N) is 3. The van der Waals surface area contributed by atoms with Crippen LogP contribution in [-0.2, 0) is 12.8 Å². The van der Waals surface area contributed by atoms with Crippen LogP contribution in [0.25, 0.3) is 10.2 Å². The quantitative estimate of drug-likeness (QED) is 0.130. The van der Waals surface area contributed by atoms with Crippen molar-refractivity contribution < 1.29 is 14.6 Å². The molecule has 0 radical (unpaired) electrons. The highest BCUT2D eigenvalue weighted by Crippen LogP contribution is 2.38. The van der Waals surface area contributed by atoms with Crippen molar-refractivity contribution >= 4 is 32.9 Å². The first-order valence-corrected chi connectivity index (χ1v) is 18.0. The molecule has 0 spiro atoms. The van der Waals surface area contributed by atoms with Crippen molar-refractivity contribution in [1.29, 1.82) is 0 Å². The number of aromatic nitrogens is 1. The van der Waals surface area contributed by atoms with Gasteiger partial charge in [-0.2, -0.15) is 0 Å². The first-order chi connectivity index (χ1) is 22.6. The number of benzene rings is 3. The van der Waals surface area contributed by atoms with Gasteiger partial charge in [-0.1, -0.05) is 35.6 Å². The summed E-state index contributed by atoms with van der Waals surface area (Å²) in [7, 11) is 8.17. The van der Waals surface area contributed by atoms with E-state index < -0.39 is 6.10 Å². The molecule has 9 heteroatoms. The summed E-state index contributed by atoms with van der Waals surface area (Å²) in [5, 5.41) is 15.4. The van der Waals surface area contributed by atoms with E-state index in [1.54, 1.807) is 0 Å². The highest BCUT2D eigenvalue weighted by atomic mass is 32.1. The van der Waals surface area contributed by atoms with E-state index in [4.69, 9.17) is 15.2 Å². The van der Waals surface area contributed by atoms with Gasteiger partial charge in [0, 0.05) is 68.8 Å². The first kappa shape index (κ1) is 40.1. The molecule has 0 aliphatic carbocycles. The lowest BCUT2D eigenvalue weighted by Gasteiger charge is -2.29. The van der Waals surface area contributed by atoms with E-state index >= 15 is 0 Å². The van der Waals surface area contributed by atoms with E-state index in [1.807, 2.05) is 88.8 Å². The number of nitrogens with two attached hydrogens (primary N) is 1. The molecule has 4 aromatic rings. The molecule has 0 saturated heterocycles. The molecule has 1 atom stereocenters. The van der Waals surface area contributed by atoms with Crippen molar-refractivity contribution in [2.24, 2.45) is 5.73 Å². The second-order valence-corrected chi connectivity index (χ2v) is 16.9. The minimum atomic E-state index is -0.719. The highest BCUT2D eigenvalue weighted by Gasteiger charge is 2.24. The minimum Gasteiger partial charge on any atom is -0.488 e. The minimum absolute atomic E-state index is 0.0310. The number of hydrogen-bond acceptors (Lipinski definition) is 9. The number of thiazole rings is 1. The number of β-amino-alcohol motifs (C(OH)–C–C–N with tert-alkyl or cyclic N) is 1.